The van der Waals surface area contributed by atoms with E-state index >= 15 is 0 Å². The van der Waals surface area contributed by atoms with Gasteiger partial charge in [0.15, 0.2) is 23.3 Å². The Morgan fingerprint density at radius 1 is 0.468 bits per heavy atom. The van der Waals surface area contributed by atoms with Crippen LogP contribution in [-0.2, 0) is 24.1 Å². The van der Waals surface area contributed by atoms with Gasteiger partial charge in [0.1, 0.15) is 86.1 Å². The van der Waals surface area contributed by atoms with Gasteiger partial charge in [-0.05, 0) is 101 Å². The van der Waals surface area contributed by atoms with Crippen molar-refractivity contribution < 1.29 is 31.8 Å². The van der Waals surface area contributed by atoms with Crippen LogP contribution in [0.3, 0.4) is 0 Å². The van der Waals surface area contributed by atoms with Crippen molar-refractivity contribution >= 4 is 120 Å². The Bertz CT molecular complexity index is 5540. The van der Waals surface area contributed by atoms with Gasteiger partial charge in [0, 0.05) is 141 Å². The molecule has 0 bridgehead atoms. The lowest BCUT2D eigenvalue weighted by atomic mass is 9.84. The normalized spacial score (nSPS) is 20.3. The molecule has 4 fully saturated rings. The van der Waals surface area contributed by atoms with Gasteiger partial charge in [-0.3, -0.25) is 36.2 Å². The lowest BCUT2D eigenvalue weighted by Crippen LogP contribution is -2.51. The first-order valence-corrected chi connectivity index (χ1v) is 39.0. The standard InChI is InChI=1S/C19H20ClFN6O.C19H21ClN6O.C18H20ClFN6OS.C17H16ClFN6O/c1-10-5-12(18(22)28)11(2)26(8-10)16-3-4-23-19(25-16)15-7-24-17-6-14(21)13(20)9-27(15)17;1-11-7-14(18(21)27)12(2)25(9-11)17-5-6-22-19(24-17)15-8-23-16-4-3-13(20)10-26(15)16;1-28(2,27)24-12-4-3-7-25(10-12)16-5-6-21-18(23-16)15-9-22-17-8-14(20)13(19)11-26(15)17;18-11-9-25-13(7-22-15(25)6-12(11)19)17-21-4-3-14(23-17)24-5-1-2-10(8-24)16(20)26/h3-4,6-7,9-12H,5,8H2,1-2H3,(H2,22,28);3-6,8,10-12,14H,7,9H2,1-2H3,(H2,21,27);5-6,8-9,11-12H,3-4,7,10H2,1-2H3;3-4,6-7,9-10H,1-2,5,8H2,(H2,20,26)/t;;;10-/m...0/s1. The molecule has 12 aromatic heterocycles. The average Bonchev–Trinajstić information content (AvgIpc) is 1.70. The number of carbonyl (C=O) groups excluding carboxylic acids is 3. The fraction of sp³-hybridized carbons (Fsp3) is 0.356. The Labute approximate surface area is 644 Å². The minimum absolute atomic E-state index is 0.00566. The van der Waals surface area contributed by atoms with Gasteiger partial charge in [0.05, 0.1) is 68.7 Å². The molecule has 109 heavy (non-hydrogen) atoms. The molecule has 16 rings (SSSR count). The van der Waals surface area contributed by atoms with Gasteiger partial charge in [-0.2, -0.15) is 0 Å². The molecular formula is C73H77Cl4F3N24O4S. The van der Waals surface area contributed by atoms with Crippen LogP contribution in [0, 0.1) is 47.0 Å². The summed E-state index contributed by atoms with van der Waals surface area (Å²) in [5.41, 5.74) is 21.3. The number of hydrogen-bond acceptors (Lipinski definition) is 21. The van der Waals surface area contributed by atoms with Crippen LogP contribution in [0.5, 0.6) is 0 Å². The molecule has 0 aromatic carbocycles. The van der Waals surface area contributed by atoms with Crippen LogP contribution in [0.4, 0.5) is 36.4 Å². The first-order valence-electron chi connectivity index (χ1n) is 35.1. The number of nitrogens with zero attached hydrogens (tertiary/aromatic N) is 21. The molecule has 7 unspecified atom stereocenters. The van der Waals surface area contributed by atoms with E-state index in [1.165, 1.54) is 36.8 Å². The van der Waals surface area contributed by atoms with E-state index in [1.54, 1.807) is 93.6 Å². The third kappa shape index (κ3) is 17.2. The molecule has 3 amide bonds. The van der Waals surface area contributed by atoms with Crippen molar-refractivity contribution in [3.8, 4) is 46.1 Å². The molecule has 36 heteroatoms. The number of carbonyl (C=O) groups is 3. The van der Waals surface area contributed by atoms with Crippen molar-refractivity contribution in [2.24, 2.45) is 51.2 Å². The summed E-state index contributed by atoms with van der Waals surface area (Å²) < 4.78 is 64.3. The molecule has 4 aliphatic heterocycles. The highest BCUT2D eigenvalue weighted by atomic mass is 35.5. The van der Waals surface area contributed by atoms with Crippen LogP contribution in [0.2, 0.25) is 20.1 Å². The molecule has 0 aliphatic carbocycles. The fourth-order valence-electron chi connectivity index (χ4n) is 14.3. The molecule has 6 N–H and O–H groups in total. The Hall–Kier alpha value is -10.4. The monoisotopic (exact) mass is 1580 g/mol. The first-order chi connectivity index (χ1) is 52.1. The number of imidazole rings is 4. The number of halogens is 7. The second-order valence-corrected chi connectivity index (χ2v) is 32.1. The van der Waals surface area contributed by atoms with E-state index in [4.69, 9.17) is 68.6 Å². The first kappa shape index (κ1) is 76.8. The molecule has 16 heterocycles. The summed E-state index contributed by atoms with van der Waals surface area (Å²) in [5.74, 6) is 2.51. The molecule has 8 atom stereocenters. The second-order valence-electron chi connectivity index (χ2n) is 27.9. The van der Waals surface area contributed by atoms with Crippen LogP contribution >= 0.6 is 46.4 Å². The summed E-state index contributed by atoms with van der Waals surface area (Å²) in [5, 5.41) is 0.603. The van der Waals surface area contributed by atoms with Crippen LogP contribution in [0.15, 0.2) is 133 Å². The highest BCUT2D eigenvalue weighted by Crippen LogP contribution is 2.36. The number of primary amides is 3. The molecule has 568 valence electrons. The third-order valence-electron chi connectivity index (χ3n) is 19.7. The SMILES string of the molecule is CC1CC(C(N)=O)C(C)N(c2ccnc(-c3cnc4cc(F)c(Cl)cn34)n2)C1.CC1CC(C(N)=O)C(C)N(c2ccnc(-c3cnc4ccc(Cl)cn34)n2)C1.CS(C)(=O)=NC1CCCN(c2ccnc(-c3cnc4cc(F)c(Cl)cn34)n2)C1.NC(=O)[C@H]1CCCN(c2ccnc(-c3cnc4cc(F)c(Cl)cn34)n2)C1. The topological polar surface area (TPSA) is 344 Å². The molecular weight excluding hydrogens is 1510 g/mol. The molecule has 4 aliphatic rings. The molecule has 4 saturated heterocycles. The van der Waals surface area contributed by atoms with E-state index in [2.05, 4.69) is 87.7 Å². The van der Waals surface area contributed by atoms with E-state index in [0.29, 0.717) is 98.9 Å². The maximum atomic E-state index is 13.7. The summed E-state index contributed by atoms with van der Waals surface area (Å²) in [4.78, 5) is 96.7. The van der Waals surface area contributed by atoms with Gasteiger partial charge in [-0.25, -0.2) is 77.3 Å². The number of rotatable bonds is 12. The van der Waals surface area contributed by atoms with Crippen molar-refractivity contribution in [3.05, 3.63) is 167 Å². The Morgan fingerprint density at radius 3 is 1.23 bits per heavy atom. The maximum absolute atomic E-state index is 13.7. The van der Waals surface area contributed by atoms with Gasteiger partial charge in [0.25, 0.3) is 0 Å². The summed E-state index contributed by atoms with van der Waals surface area (Å²) in [6.45, 7) is 12.7. The second kappa shape index (κ2) is 32.4. The van der Waals surface area contributed by atoms with Crippen LogP contribution < -0.4 is 36.8 Å². The fourth-order valence-corrected chi connectivity index (χ4v) is 15.8. The highest BCUT2D eigenvalue weighted by molar-refractivity contribution is 7.92. The number of anilines is 4. The number of pyridine rings is 4. The maximum Gasteiger partial charge on any atom is 0.222 e. The minimum Gasteiger partial charge on any atom is -0.369 e. The Kier molecular flexibility index (Phi) is 22.8. The van der Waals surface area contributed by atoms with E-state index in [-0.39, 0.29) is 68.7 Å². The number of nitrogens with two attached hydrogens (primary N) is 3. The number of piperidine rings is 4. The van der Waals surface area contributed by atoms with Crippen molar-refractivity contribution in [1.29, 1.82) is 0 Å². The van der Waals surface area contributed by atoms with Crippen LogP contribution in [-0.4, -0.2) is 169 Å². The number of hydrogen-bond donors (Lipinski definition) is 3. The zero-order chi connectivity index (χ0) is 77.3. The quantitative estimate of drug-likeness (QED) is 0.102. The average molecular weight is 1590 g/mol. The summed E-state index contributed by atoms with van der Waals surface area (Å²) in [7, 11) is -2.14. The van der Waals surface area contributed by atoms with Crippen molar-refractivity contribution in [2.75, 3.05) is 71.4 Å². The molecule has 0 spiro atoms. The van der Waals surface area contributed by atoms with Crippen molar-refractivity contribution in [3.63, 3.8) is 0 Å². The third-order valence-corrected chi connectivity index (χ3v) is 21.5. The van der Waals surface area contributed by atoms with Gasteiger partial charge >= 0.3 is 0 Å². The van der Waals surface area contributed by atoms with Gasteiger partial charge < -0.3 is 36.8 Å². The lowest BCUT2D eigenvalue weighted by Gasteiger charge is -2.41. The van der Waals surface area contributed by atoms with Crippen LogP contribution in [0.25, 0.3) is 68.7 Å². The molecule has 12 aromatic rings. The summed E-state index contributed by atoms with van der Waals surface area (Å²) >= 11 is 23.9. The van der Waals surface area contributed by atoms with Crippen molar-refractivity contribution in [1.82, 2.24) is 77.4 Å². The van der Waals surface area contributed by atoms with Gasteiger partial charge in [0.2, 0.25) is 17.7 Å². The number of aromatic nitrogens is 16. The lowest BCUT2D eigenvalue weighted by molar-refractivity contribution is -0.124. The molecule has 0 saturated carbocycles. The Balaban J connectivity index is 0.000000128. The summed E-state index contributed by atoms with van der Waals surface area (Å²) in [6, 6.07) is 14.7. The van der Waals surface area contributed by atoms with E-state index < -0.39 is 27.2 Å². The minimum atomic E-state index is -2.14. The van der Waals surface area contributed by atoms with Crippen molar-refractivity contribution in [2.45, 2.75) is 84.3 Å². The Morgan fingerprint density at radius 2 is 0.835 bits per heavy atom. The predicted octanol–water partition coefficient (Wildman–Crippen LogP) is 11.3. The van der Waals surface area contributed by atoms with E-state index in [9.17, 15) is 31.8 Å². The predicted molar refractivity (Wildman–Crippen MR) is 413 cm³/mol. The number of amides is 3. The zero-order valence-electron chi connectivity index (χ0n) is 60.0. The largest absolute Gasteiger partial charge is 0.369 e. The van der Waals surface area contributed by atoms with E-state index in [0.717, 1.165) is 87.7 Å². The van der Waals surface area contributed by atoms with Gasteiger partial charge in [-0.15, -0.1) is 0 Å². The molecule has 0 radical (unpaired) electrons. The highest BCUT2D eigenvalue weighted by Gasteiger charge is 2.38. The molecule has 28 nitrogen and oxygen atoms in total. The zero-order valence-corrected chi connectivity index (χ0v) is 63.9. The number of fused-ring (bicyclic) bond motifs is 4. The van der Waals surface area contributed by atoms with Gasteiger partial charge in [-0.1, -0.05) is 60.3 Å². The van der Waals surface area contributed by atoms with E-state index in [1.807, 2.05) is 47.4 Å². The smallest absolute Gasteiger partial charge is 0.222 e. The summed E-state index contributed by atoms with van der Waals surface area (Å²) in [6.07, 6.45) is 27.8. The van der Waals surface area contributed by atoms with Crippen LogP contribution in [0.1, 0.15) is 66.2 Å².